The van der Waals surface area contributed by atoms with Gasteiger partial charge in [0.15, 0.2) is 0 Å². The van der Waals surface area contributed by atoms with Crippen LogP contribution < -0.4 is 10.5 Å². The zero-order valence-electron chi connectivity index (χ0n) is 10.5. The fourth-order valence-corrected chi connectivity index (χ4v) is 1.76. The number of halogens is 1. The quantitative estimate of drug-likeness (QED) is 0.922. The molecule has 4 nitrogen and oxygen atoms in total. The van der Waals surface area contributed by atoms with E-state index in [-0.39, 0.29) is 0 Å². The summed E-state index contributed by atoms with van der Waals surface area (Å²) in [5.74, 6) is 2.28. The van der Waals surface area contributed by atoms with Crippen LogP contribution in [0, 0.1) is 20.8 Å². The highest BCUT2D eigenvalue weighted by atomic mass is 79.9. The van der Waals surface area contributed by atoms with E-state index in [1.54, 1.807) is 6.92 Å². The number of nitrogens with two attached hydrogens (primary N) is 1. The fourth-order valence-electron chi connectivity index (χ4n) is 1.52. The molecule has 0 aliphatic rings. The maximum absolute atomic E-state index is 5.79. The first-order valence-electron chi connectivity index (χ1n) is 5.52. The van der Waals surface area contributed by atoms with Crippen molar-refractivity contribution in [1.29, 1.82) is 0 Å². The molecular weight excluding hydrogens is 294 g/mol. The molecule has 2 rings (SSSR count). The molecule has 18 heavy (non-hydrogen) atoms. The van der Waals surface area contributed by atoms with Crippen LogP contribution in [0.4, 0.5) is 5.82 Å². The Morgan fingerprint density at radius 2 is 1.89 bits per heavy atom. The summed E-state index contributed by atoms with van der Waals surface area (Å²) in [4.78, 5) is 8.34. The molecule has 0 aliphatic heterocycles. The zero-order chi connectivity index (χ0) is 13.3. The van der Waals surface area contributed by atoms with Crippen LogP contribution in [0.15, 0.2) is 22.7 Å². The Morgan fingerprint density at radius 3 is 2.56 bits per heavy atom. The van der Waals surface area contributed by atoms with Crippen molar-refractivity contribution in [2.24, 2.45) is 0 Å². The highest BCUT2D eigenvalue weighted by molar-refractivity contribution is 9.10. The van der Waals surface area contributed by atoms with Gasteiger partial charge in [-0.05, 0) is 44.5 Å². The van der Waals surface area contributed by atoms with Crippen LogP contribution in [0.5, 0.6) is 11.6 Å². The van der Waals surface area contributed by atoms with Crippen molar-refractivity contribution in [2.45, 2.75) is 20.8 Å². The van der Waals surface area contributed by atoms with Crippen LogP contribution in [-0.2, 0) is 0 Å². The van der Waals surface area contributed by atoms with Crippen molar-refractivity contribution in [3.05, 3.63) is 39.6 Å². The molecule has 0 atom stereocenters. The van der Waals surface area contributed by atoms with Gasteiger partial charge in [0.25, 0.3) is 0 Å². The van der Waals surface area contributed by atoms with Crippen molar-refractivity contribution < 1.29 is 4.74 Å². The predicted octanol–water partition coefficient (Wildman–Crippen LogP) is 3.54. The highest BCUT2D eigenvalue weighted by Gasteiger charge is 2.09. The summed E-state index contributed by atoms with van der Waals surface area (Å²) >= 11 is 3.45. The van der Waals surface area contributed by atoms with Gasteiger partial charge in [-0.15, -0.1) is 0 Å². The van der Waals surface area contributed by atoms with Gasteiger partial charge in [-0.1, -0.05) is 15.9 Å². The Bertz CT molecular complexity index is 599. The second-order valence-corrected chi connectivity index (χ2v) is 4.95. The molecule has 0 amide bonds. The van der Waals surface area contributed by atoms with Crippen LogP contribution in [0.3, 0.4) is 0 Å². The number of ether oxygens (including phenoxy) is 1. The van der Waals surface area contributed by atoms with Gasteiger partial charge < -0.3 is 10.5 Å². The van der Waals surface area contributed by atoms with Gasteiger partial charge >= 0.3 is 0 Å². The first kappa shape index (κ1) is 12.8. The monoisotopic (exact) mass is 307 g/mol. The topological polar surface area (TPSA) is 61.0 Å². The molecule has 1 aromatic carbocycles. The summed E-state index contributed by atoms with van der Waals surface area (Å²) in [6.07, 6.45) is 0. The molecule has 0 saturated carbocycles. The van der Waals surface area contributed by atoms with E-state index < -0.39 is 0 Å². The minimum atomic E-state index is 0.450. The largest absolute Gasteiger partial charge is 0.439 e. The molecule has 0 aliphatic carbocycles. The maximum atomic E-state index is 5.79. The number of nitrogen functional groups attached to an aromatic ring is 1. The Labute approximate surface area is 114 Å². The van der Waals surface area contributed by atoms with E-state index in [0.29, 0.717) is 17.5 Å². The lowest BCUT2D eigenvalue weighted by atomic mass is 10.2. The molecule has 0 saturated heterocycles. The summed E-state index contributed by atoms with van der Waals surface area (Å²) in [7, 11) is 0. The number of aromatic nitrogens is 2. The van der Waals surface area contributed by atoms with Gasteiger partial charge in [-0.25, -0.2) is 4.98 Å². The summed E-state index contributed by atoms with van der Waals surface area (Å²) in [5.41, 5.74) is 7.64. The molecule has 0 spiro atoms. The first-order valence-corrected chi connectivity index (χ1v) is 6.31. The molecule has 1 aromatic heterocycles. The van der Waals surface area contributed by atoms with Crippen molar-refractivity contribution in [3.8, 4) is 11.6 Å². The predicted molar refractivity (Wildman–Crippen MR) is 74.9 cm³/mol. The normalized spacial score (nSPS) is 10.4. The first-order chi connectivity index (χ1) is 8.47. The van der Waals surface area contributed by atoms with Crippen LogP contribution in [0.25, 0.3) is 0 Å². The zero-order valence-corrected chi connectivity index (χ0v) is 12.1. The molecule has 0 radical (unpaired) electrons. The second kappa shape index (κ2) is 4.94. The Kier molecular flexibility index (Phi) is 3.52. The number of aryl methyl sites for hydroxylation is 2. The second-order valence-electron chi connectivity index (χ2n) is 4.10. The van der Waals surface area contributed by atoms with Gasteiger partial charge in [-0.2, -0.15) is 4.98 Å². The minimum absolute atomic E-state index is 0.450. The third-order valence-electron chi connectivity index (χ3n) is 2.59. The Hall–Kier alpha value is -1.62. The fraction of sp³-hybridized carbons (Fsp3) is 0.231. The van der Waals surface area contributed by atoms with Crippen molar-refractivity contribution in [3.63, 3.8) is 0 Å². The number of hydrogen-bond acceptors (Lipinski definition) is 4. The molecule has 2 N–H and O–H groups in total. The molecular formula is C13H14BrN3O. The molecule has 1 heterocycles. The minimum Gasteiger partial charge on any atom is -0.439 e. The molecule has 0 bridgehead atoms. The van der Waals surface area contributed by atoms with Gasteiger partial charge in [-0.3, -0.25) is 0 Å². The number of anilines is 1. The van der Waals surface area contributed by atoms with E-state index in [0.717, 1.165) is 21.3 Å². The lowest BCUT2D eigenvalue weighted by Crippen LogP contribution is -2.02. The van der Waals surface area contributed by atoms with Gasteiger partial charge in [0.1, 0.15) is 17.4 Å². The van der Waals surface area contributed by atoms with E-state index in [2.05, 4.69) is 25.9 Å². The summed E-state index contributed by atoms with van der Waals surface area (Å²) in [5, 5.41) is 0. The van der Waals surface area contributed by atoms with Crippen LogP contribution >= 0.6 is 15.9 Å². The van der Waals surface area contributed by atoms with E-state index in [4.69, 9.17) is 10.5 Å². The SMILES string of the molecule is Cc1nc(N)c(C)c(Oc2ccc(Br)c(C)c2)n1. The smallest absolute Gasteiger partial charge is 0.227 e. The van der Waals surface area contributed by atoms with Gasteiger partial charge in [0.05, 0.1) is 5.56 Å². The van der Waals surface area contributed by atoms with Crippen molar-refractivity contribution in [1.82, 2.24) is 9.97 Å². The van der Waals surface area contributed by atoms with Gasteiger partial charge in [0, 0.05) is 4.47 Å². The average Bonchev–Trinajstić information content (AvgIpc) is 2.30. The standard InChI is InChI=1S/C13H14BrN3O/c1-7-6-10(4-5-11(7)14)18-13-8(2)12(15)16-9(3)17-13/h4-6H,1-3H3,(H2,15,16,17). The van der Waals surface area contributed by atoms with E-state index in [9.17, 15) is 0 Å². The lowest BCUT2D eigenvalue weighted by Gasteiger charge is -2.10. The highest BCUT2D eigenvalue weighted by Crippen LogP contribution is 2.28. The van der Waals surface area contributed by atoms with E-state index in [1.165, 1.54) is 0 Å². The maximum Gasteiger partial charge on any atom is 0.227 e. The summed E-state index contributed by atoms with van der Waals surface area (Å²) in [6, 6.07) is 5.76. The number of hydrogen-bond donors (Lipinski definition) is 1. The number of benzene rings is 1. The summed E-state index contributed by atoms with van der Waals surface area (Å²) < 4.78 is 6.80. The number of nitrogens with zero attached hydrogens (tertiary/aromatic N) is 2. The van der Waals surface area contributed by atoms with Crippen molar-refractivity contribution in [2.75, 3.05) is 5.73 Å². The Morgan fingerprint density at radius 1 is 1.17 bits per heavy atom. The van der Waals surface area contributed by atoms with Crippen LogP contribution in [0.1, 0.15) is 17.0 Å². The van der Waals surface area contributed by atoms with Crippen molar-refractivity contribution >= 4 is 21.7 Å². The third-order valence-corrected chi connectivity index (χ3v) is 3.48. The summed E-state index contributed by atoms with van der Waals surface area (Å²) in [6.45, 7) is 5.63. The third kappa shape index (κ3) is 2.61. The molecule has 0 fully saturated rings. The van der Waals surface area contributed by atoms with Gasteiger partial charge in [0.2, 0.25) is 5.88 Å². The molecule has 5 heteroatoms. The van der Waals surface area contributed by atoms with Crippen LogP contribution in [-0.4, -0.2) is 9.97 Å². The van der Waals surface area contributed by atoms with E-state index >= 15 is 0 Å². The molecule has 0 unspecified atom stereocenters. The molecule has 2 aromatic rings. The Balaban J connectivity index is 2.36. The lowest BCUT2D eigenvalue weighted by molar-refractivity contribution is 0.456. The molecule has 94 valence electrons. The number of rotatable bonds is 2. The van der Waals surface area contributed by atoms with Crippen LogP contribution in [0.2, 0.25) is 0 Å². The average molecular weight is 308 g/mol. The van der Waals surface area contributed by atoms with E-state index in [1.807, 2.05) is 32.0 Å².